The van der Waals surface area contributed by atoms with Crippen LogP contribution < -0.4 is 0 Å². The number of halogens is 3. The molecule has 0 radical (unpaired) electrons. The quantitative estimate of drug-likeness (QED) is 0.767. The molecular weight excluding hydrogens is 258 g/mol. The molecule has 0 heterocycles. The van der Waals surface area contributed by atoms with Crippen LogP contribution in [0.1, 0.15) is 22.3 Å². The molecule has 2 nitrogen and oxygen atoms in total. The van der Waals surface area contributed by atoms with E-state index in [-0.39, 0.29) is 15.6 Å². The summed E-state index contributed by atoms with van der Waals surface area (Å²) in [5.41, 5.74) is -0.448. The Balaban J connectivity index is 3.28. The predicted molar refractivity (Wildman–Crippen MR) is 50.4 cm³/mol. The summed E-state index contributed by atoms with van der Waals surface area (Å²) in [6.07, 6.45) is -2.71. The topological polar surface area (TPSA) is 26.3 Å². The lowest BCUT2D eigenvalue weighted by Gasteiger charge is -2.08. The van der Waals surface area contributed by atoms with E-state index in [2.05, 4.69) is 20.7 Å². The van der Waals surface area contributed by atoms with E-state index in [1.54, 1.807) is 0 Å². The maximum Gasteiger partial charge on any atom is 0.338 e. The van der Waals surface area contributed by atoms with Gasteiger partial charge in [-0.1, -0.05) is 22.0 Å². The van der Waals surface area contributed by atoms with Crippen LogP contribution in [0.5, 0.6) is 0 Å². The van der Waals surface area contributed by atoms with Crippen molar-refractivity contribution in [2.75, 3.05) is 7.11 Å². The van der Waals surface area contributed by atoms with Gasteiger partial charge in [-0.25, -0.2) is 13.6 Å². The fourth-order valence-electron chi connectivity index (χ4n) is 1.05. The summed E-state index contributed by atoms with van der Waals surface area (Å²) in [5.74, 6) is -0.762. The largest absolute Gasteiger partial charge is 0.465 e. The first kappa shape index (κ1) is 11.1. The number of esters is 1. The molecule has 1 aromatic carbocycles. The van der Waals surface area contributed by atoms with Gasteiger partial charge in [-0.3, -0.25) is 0 Å². The van der Waals surface area contributed by atoms with Crippen LogP contribution in [0, 0.1) is 0 Å². The third-order valence-electron chi connectivity index (χ3n) is 1.68. The van der Waals surface area contributed by atoms with Crippen molar-refractivity contribution < 1.29 is 18.3 Å². The monoisotopic (exact) mass is 264 g/mol. The maximum absolute atomic E-state index is 12.5. The Hall–Kier alpha value is -0.970. The second kappa shape index (κ2) is 4.50. The van der Waals surface area contributed by atoms with E-state index < -0.39 is 12.4 Å². The van der Waals surface area contributed by atoms with Crippen molar-refractivity contribution >= 4 is 21.9 Å². The standard InChI is InChI=1S/C9H7BrF2O2/c1-14-9(13)5-3-2-4-6(10)7(5)8(11)12/h2-4,8H,1H3. The summed E-state index contributed by atoms with van der Waals surface area (Å²) < 4.78 is 29.7. The lowest BCUT2D eigenvalue weighted by atomic mass is 10.1. The summed E-state index contributed by atoms with van der Waals surface area (Å²) in [6.45, 7) is 0. The van der Waals surface area contributed by atoms with Crippen LogP contribution in [0.25, 0.3) is 0 Å². The lowest BCUT2D eigenvalue weighted by molar-refractivity contribution is 0.0589. The number of carbonyl (C=O) groups excluding carboxylic acids is 1. The molecule has 0 saturated heterocycles. The van der Waals surface area contributed by atoms with Gasteiger partial charge in [0.2, 0.25) is 0 Å². The van der Waals surface area contributed by atoms with Crippen molar-refractivity contribution in [3.05, 3.63) is 33.8 Å². The Kier molecular flexibility index (Phi) is 3.57. The molecule has 1 rings (SSSR count). The zero-order valence-corrected chi connectivity index (χ0v) is 8.85. The number of methoxy groups -OCH3 is 1. The summed E-state index contributed by atoms with van der Waals surface area (Å²) in [5, 5.41) is 0. The van der Waals surface area contributed by atoms with Crippen LogP contribution in [0.4, 0.5) is 8.78 Å². The highest BCUT2D eigenvalue weighted by Gasteiger charge is 2.21. The van der Waals surface area contributed by atoms with Crippen molar-refractivity contribution in [3.8, 4) is 0 Å². The Morgan fingerprint density at radius 2 is 2.14 bits per heavy atom. The molecule has 0 amide bonds. The Bertz CT molecular complexity index is 353. The zero-order chi connectivity index (χ0) is 10.7. The lowest BCUT2D eigenvalue weighted by Crippen LogP contribution is -2.06. The molecule has 0 aliphatic rings. The van der Waals surface area contributed by atoms with Crippen LogP contribution in [0.2, 0.25) is 0 Å². The minimum atomic E-state index is -2.71. The number of benzene rings is 1. The van der Waals surface area contributed by atoms with Gasteiger partial charge in [-0.15, -0.1) is 0 Å². The zero-order valence-electron chi connectivity index (χ0n) is 7.26. The van der Waals surface area contributed by atoms with Crippen LogP contribution in [0.3, 0.4) is 0 Å². The Morgan fingerprint density at radius 1 is 1.50 bits per heavy atom. The Morgan fingerprint density at radius 3 is 2.64 bits per heavy atom. The Labute approximate surface area is 88.0 Å². The second-order valence-corrected chi connectivity index (χ2v) is 3.35. The molecule has 0 aliphatic heterocycles. The third kappa shape index (κ3) is 2.09. The minimum Gasteiger partial charge on any atom is -0.465 e. The van der Waals surface area contributed by atoms with E-state index in [1.165, 1.54) is 18.2 Å². The number of carbonyl (C=O) groups is 1. The van der Waals surface area contributed by atoms with E-state index >= 15 is 0 Å². The van der Waals surface area contributed by atoms with Crippen molar-refractivity contribution in [1.29, 1.82) is 0 Å². The number of alkyl halides is 2. The molecule has 0 spiro atoms. The molecule has 0 fully saturated rings. The first-order chi connectivity index (χ1) is 6.57. The van der Waals surface area contributed by atoms with E-state index in [9.17, 15) is 13.6 Å². The summed E-state index contributed by atoms with van der Waals surface area (Å²) in [6, 6.07) is 4.26. The summed E-state index contributed by atoms with van der Waals surface area (Å²) in [7, 11) is 1.15. The van der Waals surface area contributed by atoms with Gasteiger partial charge in [0.05, 0.1) is 12.7 Å². The van der Waals surface area contributed by atoms with Crippen LogP contribution in [-0.4, -0.2) is 13.1 Å². The van der Waals surface area contributed by atoms with Crippen LogP contribution in [-0.2, 0) is 4.74 Å². The van der Waals surface area contributed by atoms with Gasteiger partial charge in [0.1, 0.15) is 0 Å². The molecule has 0 aromatic heterocycles. The molecule has 1 aromatic rings. The molecule has 0 N–H and O–H groups in total. The van der Waals surface area contributed by atoms with Gasteiger partial charge in [-0.05, 0) is 12.1 Å². The van der Waals surface area contributed by atoms with Crippen LogP contribution >= 0.6 is 15.9 Å². The normalized spacial score (nSPS) is 10.4. The summed E-state index contributed by atoms with van der Waals surface area (Å²) in [4.78, 5) is 11.1. The molecule has 0 aliphatic carbocycles. The van der Waals surface area contributed by atoms with Gasteiger partial charge in [0, 0.05) is 10.0 Å². The van der Waals surface area contributed by atoms with Crippen LogP contribution in [0.15, 0.2) is 22.7 Å². The van der Waals surface area contributed by atoms with E-state index in [0.717, 1.165) is 7.11 Å². The van der Waals surface area contributed by atoms with Crippen molar-refractivity contribution in [3.63, 3.8) is 0 Å². The van der Waals surface area contributed by atoms with Gasteiger partial charge < -0.3 is 4.74 Å². The molecule has 0 bridgehead atoms. The molecule has 76 valence electrons. The fourth-order valence-corrected chi connectivity index (χ4v) is 1.59. The first-order valence-corrected chi connectivity index (χ1v) is 4.52. The molecule has 0 atom stereocenters. The smallest absolute Gasteiger partial charge is 0.338 e. The SMILES string of the molecule is COC(=O)c1cccc(Br)c1C(F)F. The van der Waals surface area contributed by atoms with E-state index in [1.807, 2.05) is 0 Å². The maximum atomic E-state index is 12.5. The summed E-state index contributed by atoms with van der Waals surface area (Å²) >= 11 is 2.96. The second-order valence-electron chi connectivity index (χ2n) is 2.49. The average molecular weight is 265 g/mol. The highest BCUT2D eigenvalue weighted by atomic mass is 79.9. The van der Waals surface area contributed by atoms with Crippen molar-refractivity contribution in [2.24, 2.45) is 0 Å². The third-order valence-corrected chi connectivity index (χ3v) is 2.37. The van der Waals surface area contributed by atoms with Crippen molar-refractivity contribution in [1.82, 2.24) is 0 Å². The fraction of sp³-hybridized carbons (Fsp3) is 0.222. The molecule has 14 heavy (non-hydrogen) atoms. The molecule has 0 unspecified atom stereocenters. The number of ether oxygens (including phenoxy) is 1. The first-order valence-electron chi connectivity index (χ1n) is 3.72. The number of hydrogen-bond acceptors (Lipinski definition) is 2. The van der Waals surface area contributed by atoms with Crippen molar-refractivity contribution in [2.45, 2.75) is 6.43 Å². The minimum absolute atomic E-state index is 0.114. The van der Waals surface area contributed by atoms with E-state index in [0.29, 0.717) is 0 Å². The van der Waals surface area contributed by atoms with Gasteiger partial charge in [0.15, 0.2) is 0 Å². The predicted octanol–water partition coefficient (Wildman–Crippen LogP) is 3.17. The average Bonchev–Trinajstić information content (AvgIpc) is 2.15. The molecule has 5 heteroatoms. The highest BCUT2D eigenvalue weighted by Crippen LogP contribution is 2.30. The highest BCUT2D eigenvalue weighted by molar-refractivity contribution is 9.10. The molecular formula is C9H7BrF2O2. The number of rotatable bonds is 2. The molecule has 0 saturated carbocycles. The van der Waals surface area contributed by atoms with Gasteiger partial charge in [-0.2, -0.15) is 0 Å². The van der Waals surface area contributed by atoms with E-state index in [4.69, 9.17) is 0 Å². The number of hydrogen-bond donors (Lipinski definition) is 0. The van der Waals surface area contributed by atoms with Gasteiger partial charge in [0.25, 0.3) is 6.43 Å². The van der Waals surface area contributed by atoms with Gasteiger partial charge >= 0.3 is 5.97 Å².